The van der Waals surface area contributed by atoms with Gasteiger partial charge < -0.3 is 14.6 Å². The van der Waals surface area contributed by atoms with Gasteiger partial charge in [0.1, 0.15) is 5.58 Å². The number of hydrogen-bond acceptors (Lipinski definition) is 3. The molecule has 2 heterocycles. The van der Waals surface area contributed by atoms with Gasteiger partial charge >= 0.3 is 0 Å². The first-order valence-corrected chi connectivity index (χ1v) is 15.7. The highest BCUT2D eigenvalue weighted by molar-refractivity contribution is 6.08. The van der Waals surface area contributed by atoms with Gasteiger partial charge in [0.05, 0.1) is 5.69 Å². The fourth-order valence-electron chi connectivity index (χ4n) is 6.84. The number of nitrogens with one attached hydrogen (secondary N) is 1. The number of nitrogens with zero attached hydrogens (tertiary/aromatic N) is 1. The summed E-state index contributed by atoms with van der Waals surface area (Å²) in [7, 11) is 0. The lowest BCUT2D eigenvalue weighted by molar-refractivity contribution is 0.628. The van der Waals surface area contributed by atoms with Crippen LogP contribution in [0, 0.1) is 0 Å². The van der Waals surface area contributed by atoms with Gasteiger partial charge in [-0.1, -0.05) is 121 Å². The van der Waals surface area contributed by atoms with Crippen molar-refractivity contribution < 1.29 is 4.42 Å². The third kappa shape index (κ3) is 4.44. The molecule has 0 unspecified atom stereocenters. The Bertz CT molecular complexity index is 2410. The van der Waals surface area contributed by atoms with Gasteiger partial charge in [-0.2, -0.15) is 0 Å². The van der Waals surface area contributed by atoms with Crippen LogP contribution in [0.5, 0.6) is 0 Å². The first-order chi connectivity index (χ1) is 22.8. The van der Waals surface area contributed by atoms with E-state index in [0.29, 0.717) is 0 Å². The van der Waals surface area contributed by atoms with Gasteiger partial charge in [0.25, 0.3) is 0 Å². The van der Waals surface area contributed by atoms with E-state index >= 15 is 0 Å². The molecule has 3 heteroatoms. The van der Waals surface area contributed by atoms with Crippen molar-refractivity contribution in [3.8, 4) is 22.3 Å². The minimum atomic E-state index is 0.775. The molecule has 9 rings (SSSR count). The third-order valence-electron chi connectivity index (χ3n) is 9.05. The van der Waals surface area contributed by atoms with Crippen LogP contribution in [0.25, 0.3) is 60.8 Å². The van der Waals surface area contributed by atoms with Gasteiger partial charge in [0, 0.05) is 34.3 Å². The summed E-state index contributed by atoms with van der Waals surface area (Å²) in [5, 5.41) is 9.29. The van der Waals surface area contributed by atoms with Gasteiger partial charge in [-0.3, -0.25) is 0 Å². The molecule has 1 aromatic heterocycles. The highest BCUT2D eigenvalue weighted by Gasteiger charge is 2.20. The van der Waals surface area contributed by atoms with Crippen molar-refractivity contribution in [1.82, 2.24) is 0 Å². The van der Waals surface area contributed by atoms with E-state index in [0.717, 1.165) is 51.4 Å². The first-order valence-electron chi connectivity index (χ1n) is 15.7. The molecule has 0 spiro atoms. The maximum Gasteiger partial charge on any atom is 0.201 e. The summed E-state index contributed by atoms with van der Waals surface area (Å²) >= 11 is 0. The van der Waals surface area contributed by atoms with Crippen LogP contribution in [0.15, 0.2) is 162 Å². The Labute approximate surface area is 267 Å². The standard InChI is InChI=1S/C43H30N2O/c1-2-10-29(11-3-1)30-21-23-34(24-22-30)45(35-16-6-14-32(26-35)37-18-7-13-31-12-4-5-17-36(31)37)41-20-8-15-33-27-42-40(28-39(33)41)38-19-9-25-44-43(38)46-42/h1-24,26-28,44H,25H2. The van der Waals surface area contributed by atoms with E-state index in [9.17, 15) is 0 Å². The topological polar surface area (TPSA) is 28.4 Å². The molecule has 0 fully saturated rings. The SMILES string of the molecule is C1=Cc2c(oc3cc4cccc(N(c5ccc(-c6ccccc6)cc5)c5cccc(-c6cccc7ccccc67)c5)c4cc23)NC1. The minimum absolute atomic E-state index is 0.775. The van der Waals surface area contributed by atoms with Crippen molar-refractivity contribution in [1.29, 1.82) is 0 Å². The van der Waals surface area contributed by atoms with E-state index in [1.54, 1.807) is 0 Å². The monoisotopic (exact) mass is 590 g/mol. The summed E-state index contributed by atoms with van der Waals surface area (Å²) < 4.78 is 6.25. The fraction of sp³-hybridized carbons (Fsp3) is 0.0233. The maximum absolute atomic E-state index is 6.25. The smallest absolute Gasteiger partial charge is 0.201 e. The summed E-state index contributed by atoms with van der Waals surface area (Å²) in [6, 6.07) is 54.5. The average molecular weight is 591 g/mol. The summed E-state index contributed by atoms with van der Waals surface area (Å²) in [6.45, 7) is 0.775. The number of rotatable bonds is 5. The van der Waals surface area contributed by atoms with Crippen LogP contribution in [0.2, 0.25) is 0 Å². The number of furan rings is 1. The molecule has 3 nitrogen and oxygen atoms in total. The highest BCUT2D eigenvalue weighted by atomic mass is 16.3. The zero-order chi connectivity index (χ0) is 30.5. The molecule has 1 N–H and O–H groups in total. The zero-order valence-corrected chi connectivity index (χ0v) is 25.2. The van der Waals surface area contributed by atoms with Crippen LogP contribution < -0.4 is 10.2 Å². The maximum atomic E-state index is 6.25. The van der Waals surface area contributed by atoms with E-state index in [1.807, 2.05) is 0 Å². The Morgan fingerprint density at radius 3 is 2.17 bits per heavy atom. The number of benzene rings is 7. The zero-order valence-electron chi connectivity index (χ0n) is 25.2. The number of fused-ring (bicyclic) bond motifs is 5. The molecule has 0 amide bonds. The number of anilines is 4. The molecule has 1 aliphatic heterocycles. The molecule has 7 aromatic carbocycles. The summed E-state index contributed by atoms with van der Waals surface area (Å²) in [4.78, 5) is 2.39. The predicted octanol–water partition coefficient (Wildman–Crippen LogP) is 12.0. The Kier molecular flexibility index (Phi) is 6.20. The van der Waals surface area contributed by atoms with Crippen LogP contribution in [-0.4, -0.2) is 6.54 Å². The lowest BCUT2D eigenvalue weighted by Crippen LogP contribution is -2.10. The van der Waals surface area contributed by atoms with E-state index in [-0.39, 0.29) is 0 Å². The molecule has 1 aliphatic rings. The molecular weight excluding hydrogens is 560 g/mol. The van der Waals surface area contributed by atoms with Gasteiger partial charge in [-0.05, 0) is 80.9 Å². The second-order valence-electron chi connectivity index (χ2n) is 11.8. The van der Waals surface area contributed by atoms with Crippen molar-refractivity contribution in [2.75, 3.05) is 16.8 Å². The Balaban J connectivity index is 1.26. The molecule has 8 aromatic rings. The molecule has 46 heavy (non-hydrogen) atoms. The Morgan fingerprint density at radius 1 is 0.522 bits per heavy atom. The van der Waals surface area contributed by atoms with Crippen LogP contribution in [0.4, 0.5) is 22.9 Å². The van der Waals surface area contributed by atoms with Gasteiger partial charge in [0.2, 0.25) is 5.88 Å². The first kappa shape index (κ1) is 26.4. The summed E-state index contributed by atoms with van der Waals surface area (Å²) in [5.74, 6) is 0.838. The fourth-order valence-corrected chi connectivity index (χ4v) is 6.84. The van der Waals surface area contributed by atoms with Crippen LogP contribution in [-0.2, 0) is 0 Å². The molecule has 0 radical (unpaired) electrons. The molecule has 0 atom stereocenters. The molecule has 0 saturated carbocycles. The Hall–Kier alpha value is -6.06. The number of hydrogen-bond donors (Lipinski definition) is 1. The van der Waals surface area contributed by atoms with E-state index in [4.69, 9.17) is 4.42 Å². The summed E-state index contributed by atoms with van der Waals surface area (Å²) in [6.07, 6.45) is 4.31. The van der Waals surface area contributed by atoms with Crippen molar-refractivity contribution in [2.45, 2.75) is 0 Å². The molecular formula is C43H30N2O. The molecule has 0 saturated heterocycles. The van der Waals surface area contributed by atoms with Crippen molar-refractivity contribution in [2.24, 2.45) is 0 Å². The van der Waals surface area contributed by atoms with Gasteiger partial charge in [-0.25, -0.2) is 0 Å². The average Bonchev–Trinajstić information content (AvgIpc) is 3.49. The van der Waals surface area contributed by atoms with E-state index < -0.39 is 0 Å². The van der Waals surface area contributed by atoms with Crippen molar-refractivity contribution in [3.05, 3.63) is 163 Å². The van der Waals surface area contributed by atoms with Crippen LogP contribution in [0.3, 0.4) is 0 Å². The highest BCUT2D eigenvalue weighted by Crippen LogP contribution is 2.44. The van der Waals surface area contributed by atoms with Gasteiger partial charge in [0.15, 0.2) is 0 Å². The molecule has 0 bridgehead atoms. The largest absolute Gasteiger partial charge is 0.440 e. The molecule has 0 aliphatic carbocycles. The quantitative estimate of drug-likeness (QED) is 0.216. The summed E-state index contributed by atoms with van der Waals surface area (Å²) in [5.41, 5.74) is 10.1. The molecule has 218 valence electrons. The second kappa shape index (κ2) is 10.8. The third-order valence-corrected chi connectivity index (χ3v) is 9.05. The van der Waals surface area contributed by atoms with Crippen molar-refractivity contribution >= 4 is 61.5 Å². The van der Waals surface area contributed by atoms with Crippen molar-refractivity contribution in [3.63, 3.8) is 0 Å². The van der Waals surface area contributed by atoms with E-state index in [1.165, 1.54) is 38.4 Å². The van der Waals surface area contributed by atoms with Crippen LogP contribution >= 0.6 is 0 Å². The lowest BCUT2D eigenvalue weighted by atomic mass is 9.97. The Morgan fingerprint density at radius 2 is 1.26 bits per heavy atom. The van der Waals surface area contributed by atoms with Gasteiger partial charge in [-0.15, -0.1) is 0 Å². The lowest BCUT2D eigenvalue weighted by Gasteiger charge is -2.27. The normalized spacial score (nSPS) is 12.3. The predicted molar refractivity (Wildman–Crippen MR) is 194 cm³/mol. The van der Waals surface area contributed by atoms with Crippen LogP contribution in [0.1, 0.15) is 5.56 Å². The minimum Gasteiger partial charge on any atom is -0.440 e. The van der Waals surface area contributed by atoms with E-state index in [2.05, 4.69) is 174 Å². The second-order valence-corrected chi connectivity index (χ2v) is 11.8.